The molecule has 2 rings (SSSR count). The van der Waals surface area contributed by atoms with Crippen molar-refractivity contribution in [1.29, 1.82) is 0 Å². The topological polar surface area (TPSA) is 104 Å². The van der Waals surface area contributed by atoms with Crippen molar-refractivity contribution in [2.75, 3.05) is 22.9 Å². The summed E-state index contributed by atoms with van der Waals surface area (Å²) in [6.45, 7) is 0. The Morgan fingerprint density at radius 2 is 0.882 bits per heavy atom. The fourth-order valence-corrected chi connectivity index (χ4v) is 1.51. The number of nitrogens with two attached hydrogens (primary N) is 4. The van der Waals surface area contributed by atoms with Crippen molar-refractivity contribution < 1.29 is 0 Å². The third kappa shape index (κ3) is 2.64. The van der Waals surface area contributed by atoms with Gasteiger partial charge in [-0.25, -0.2) is 0 Å². The van der Waals surface area contributed by atoms with E-state index in [9.17, 15) is 0 Å². The van der Waals surface area contributed by atoms with Crippen LogP contribution in [0.1, 0.15) is 0 Å². The van der Waals surface area contributed by atoms with Gasteiger partial charge in [0.1, 0.15) is 0 Å². The second kappa shape index (κ2) is 4.99. The third-order valence-corrected chi connectivity index (χ3v) is 2.51. The van der Waals surface area contributed by atoms with Gasteiger partial charge in [-0.3, -0.25) is 0 Å². The van der Waals surface area contributed by atoms with Crippen LogP contribution in [0.3, 0.4) is 0 Å². The Kier molecular flexibility index (Phi) is 3.88. The Labute approximate surface area is 110 Å². The molecular weight excluding hydrogens is 279 g/mol. The first-order valence-electron chi connectivity index (χ1n) is 4.88. The molecule has 17 heavy (non-hydrogen) atoms. The fraction of sp³-hybridized carbons (Fsp3) is 0. The minimum Gasteiger partial charge on any atom is -0.397 e. The molecule has 0 aromatic heterocycles. The molecule has 4 nitrogen and oxygen atoms in total. The second-order valence-electron chi connectivity index (χ2n) is 3.69. The van der Waals surface area contributed by atoms with Crippen LogP contribution in [-0.4, -0.2) is 17.1 Å². The van der Waals surface area contributed by atoms with E-state index in [1.165, 1.54) is 0 Å². The van der Waals surface area contributed by atoms with Crippen molar-refractivity contribution in [3.05, 3.63) is 36.4 Å². The Morgan fingerprint density at radius 3 is 1.18 bits per heavy atom. The van der Waals surface area contributed by atoms with Crippen molar-refractivity contribution in [1.82, 2.24) is 0 Å². The molecule has 0 aliphatic heterocycles. The van der Waals surface area contributed by atoms with E-state index >= 15 is 0 Å². The zero-order chi connectivity index (χ0) is 11.7. The molecule has 2 radical (unpaired) electrons. The van der Waals surface area contributed by atoms with Gasteiger partial charge in [0.15, 0.2) is 0 Å². The summed E-state index contributed by atoms with van der Waals surface area (Å²) >= 11 is 0. The summed E-state index contributed by atoms with van der Waals surface area (Å²) in [6.07, 6.45) is 0. The molecule has 0 bridgehead atoms. The molecule has 8 N–H and O–H groups in total. The first-order valence-corrected chi connectivity index (χ1v) is 4.88. The minimum atomic E-state index is 0. The number of hydrogen-bond acceptors (Lipinski definition) is 4. The molecule has 0 heterocycles. The fourth-order valence-electron chi connectivity index (χ4n) is 1.51. The van der Waals surface area contributed by atoms with Gasteiger partial charge >= 0.3 is 0 Å². The van der Waals surface area contributed by atoms with Crippen molar-refractivity contribution in [2.24, 2.45) is 0 Å². The monoisotopic (exact) mass is 294 g/mol. The van der Waals surface area contributed by atoms with Crippen molar-refractivity contribution in [2.45, 2.75) is 0 Å². The van der Waals surface area contributed by atoms with E-state index in [1.807, 2.05) is 24.3 Å². The van der Waals surface area contributed by atoms with Crippen LogP contribution < -0.4 is 22.9 Å². The molecular formula is C12H14N4Se. The predicted molar refractivity (Wildman–Crippen MR) is 75.3 cm³/mol. The van der Waals surface area contributed by atoms with Gasteiger partial charge in [-0.05, 0) is 35.4 Å². The van der Waals surface area contributed by atoms with Crippen LogP contribution in [0.5, 0.6) is 0 Å². The zero-order valence-corrected chi connectivity index (χ0v) is 10.9. The van der Waals surface area contributed by atoms with Crippen LogP contribution in [0.15, 0.2) is 36.4 Å². The number of benzene rings is 2. The molecule has 0 atom stereocenters. The van der Waals surface area contributed by atoms with Crippen LogP contribution >= 0.6 is 0 Å². The Hall–Kier alpha value is -1.84. The van der Waals surface area contributed by atoms with Gasteiger partial charge in [-0.1, -0.05) is 12.1 Å². The molecule has 0 spiro atoms. The Bertz CT molecular complexity index is 491. The Balaban J connectivity index is 0.00000144. The molecule has 0 aliphatic carbocycles. The maximum atomic E-state index is 5.74. The molecule has 5 heteroatoms. The maximum Gasteiger partial charge on any atom is 0.0554 e. The molecule has 0 saturated carbocycles. The van der Waals surface area contributed by atoms with E-state index in [0.29, 0.717) is 22.7 Å². The summed E-state index contributed by atoms with van der Waals surface area (Å²) in [4.78, 5) is 0. The van der Waals surface area contributed by atoms with Crippen LogP contribution in [0.25, 0.3) is 11.1 Å². The largest absolute Gasteiger partial charge is 0.397 e. The molecule has 0 unspecified atom stereocenters. The smallest absolute Gasteiger partial charge is 0.0554 e. The van der Waals surface area contributed by atoms with E-state index in [-0.39, 0.29) is 17.1 Å². The average Bonchev–Trinajstić information content (AvgIpc) is 2.26. The normalized spacial score (nSPS) is 9.65. The third-order valence-electron chi connectivity index (χ3n) is 2.51. The maximum absolute atomic E-state index is 5.74. The van der Waals surface area contributed by atoms with Gasteiger partial charge in [0, 0.05) is 17.1 Å². The van der Waals surface area contributed by atoms with Gasteiger partial charge in [0.2, 0.25) is 0 Å². The van der Waals surface area contributed by atoms with E-state index < -0.39 is 0 Å². The number of nitrogen functional groups attached to an aromatic ring is 4. The summed E-state index contributed by atoms with van der Waals surface area (Å²) in [5, 5.41) is 0. The zero-order valence-electron chi connectivity index (χ0n) is 9.18. The summed E-state index contributed by atoms with van der Waals surface area (Å²) in [7, 11) is 0. The van der Waals surface area contributed by atoms with Crippen LogP contribution in [0, 0.1) is 0 Å². The number of rotatable bonds is 1. The number of anilines is 4. The summed E-state index contributed by atoms with van der Waals surface area (Å²) < 4.78 is 0. The molecule has 2 aromatic rings. The van der Waals surface area contributed by atoms with Crippen LogP contribution in [0.4, 0.5) is 22.7 Å². The molecule has 0 fully saturated rings. The van der Waals surface area contributed by atoms with Crippen molar-refractivity contribution in [3.8, 4) is 11.1 Å². The quantitative estimate of drug-likeness (QED) is 0.470. The summed E-state index contributed by atoms with van der Waals surface area (Å²) in [5.74, 6) is 0. The van der Waals surface area contributed by atoms with Crippen molar-refractivity contribution in [3.63, 3.8) is 0 Å². The minimum absolute atomic E-state index is 0. The molecule has 0 saturated heterocycles. The van der Waals surface area contributed by atoms with E-state index in [0.717, 1.165) is 11.1 Å². The van der Waals surface area contributed by atoms with Gasteiger partial charge in [0.25, 0.3) is 0 Å². The average molecular weight is 293 g/mol. The van der Waals surface area contributed by atoms with Gasteiger partial charge < -0.3 is 22.9 Å². The molecule has 0 aliphatic rings. The van der Waals surface area contributed by atoms with Crippen molar-refractivity contribution >= 4 is 39.8 Å². The summed E-state index contributed by atoms with van der Waals surface area (Å²) in [5.41, 5.74) is 27.0. The second-order valence-corrected chi connectivity index (χ2v) is 3.69. The van der Waals surface area contributed by atoms with Gasteiger partial charge in [-0.2, -0.15) is 0 Å². The van der Waals surface area contributed by atoms with Crippen LogP contribution in [-0.2, 0) is 0 Å². The molecule has 88 valence electrons. The van der Waals surface area contributed by atoms with E-state index in [2.05, 4.69) is 0 Å². The first-order chi connectivity index (χ1) is 7.58. The van der Waals surface area contributed by atoms with E-state index in [1.54, 1.807) is 12.1 Å². The first kappa shape index (κ1) is 13.2. The molecule has 0 amide bonds. The summed E-state index contributed by atoms with van der Waals surface area (Å²) in [6, 6.07) is 11.0. The Morgan fingerprint density at radius 1 is 0.529 bits per heavy atom. The number of hydrogen-bond donors (Lipinski definition) is 4. The van der Waals surface area contributed by atoms with Gasteiger partial charge in [0.05, 0.1) is 22.7 Å². The molecule has 2 aromatic carbocycles. The predicted octanol–water partition coefficient (Wildman–Crippen LogP) is 1.30. The standard InChI is InChI=1S/C12H14N4.Se/c13-9-3-1-7(5-11(9)15)8-2-4-10(14)12(16)6-8;/h1-6H,13-16H2;. The van der Waals surface area contributed by atoms with Crippen LogP contribution in [0.2, 0.25) is 0 Å². The SMILES string of the molecule is Nc1ccc(-c2ccc(N)c(N)c2)cc1N.[Se]. The van der Waals surface area contributed by atoms with Gasteiger partial charge in [-0.15, -0.1) is 0 Å². The van der Waals surface area contributed by atoms with E-state index in [4.69, 9.17) is 22.9 Å².